The average Bonchev–Trinajstić information content (AvgIpc) is 2.93. The van der Waals surface area contributed by atoms with Gasteiger partial charge in [0.05, 0.1) is 23.8 Å². The van der Waals surface area contributed by atoms with Crippen molar-refractivity contribution in [1.29, 1.82) is 0 Å². The SMILES string of the molecule is Cc1nccc(CNc2nc(NN)nc3[nH]ncc23)n1. The highest BCUT2D eigenvalue weighted by atomic mass is 15.3. The van der Waals surface area contributed by atoms with Crippen molar-refractivity contribution >= 4 is 22.8 Å². The van der Waals surface area contributed by atoms with E-state index in [1.54, 1.807) is 12.4 Å². The fourth-order valence-electron chi connectivity index (χ4n) is 1.81. The van der Waals surface area contributed by atoms with Gasteiger partial charge in [-0.2, -0.15) is 15.1 Å². The molecule has 0 amide bonds. The van der Waals surface area contributed by atoms with Crippen LogP contribution in [0.3, 0.4) is 0 Å². The minimum Gasteiger partial charge on any atom is -0.364 e. The van der Waals surface area contributed by atoms with E-state index in [-0.39, 0.29) is 0 Å². The van der Waals surface area contributed by atoms with Crippen LogP contribution in [0.1, 0.15) is 11.5 Å². The number of nitrogens with zero attached hydrogens (tertiary/aromatic N) is 5. The fourth-order valence-corrected chi connectivity index (χ4v) is 1.81. The first kappa shape index (κ1) is 12.2. The predicted molar refractivity (Wildman–Crippen MR) is 73.6 cm³/mol. The van der Waals surface area contributed by atoms with Gasteiger partial charge in [0.1, 0.15) is 11.6 Å². The monoisotopic (exact) mass is 271 g/mol. The third-order valence-corrected chi connectivity index (χ3v) is 2.71. The van der Waals surface area contributed by atoms with Gasteiger partial charge in [0.15, 0.2) is 5.65 Å². The van der Waals surface area contributed by atoms with Crippen LogP contribution in [0.5, 0.6) is 0 Å². The lowest BCUT2D eigenvalue weighted by Gasteiger charge is -2.08. The van der Waals surface area contributed by atoms with E-state index in [2.05, 4.69) is 40.9 Å². The van der Waals surface area contributed by atoms with Gasteiger partial charge in [0, 0.05) is 6.20 Å². The molecule has 0 aromatic carbocycles. The summed E-state index contributed by atoms with van der Waals surface area (Å²) in [6.07, 6.45) is 3.38. The Morgan fingerprint density at radius 1 is 1.30 bits per heavy atom. The van der Waals surface area contributed by atoms with Gasteiger partial charge in [-0.15, -0.1) is 0 Å². The van der Waals surface area contributed by atoms with Gasteiger partial charge in [0.2, 0.25) is 5.95 Å². The van der Waals surface area contributed by atoms with E-state index in [9.17, 15) is 0 Å². The lowest BCUT2D eigenvalue weighted by Crippen LogP contribution is -2.12. The molecule has 5 N–H and O–H groups in total. The zero-order chi connectivity index (χ0) is 13.9. The van der Waals surface area contributed by atoms with Crippen LogP contribution < -0.4 is 16.6 Å². The van der Waals surface area contributed by atoms with Crippen LogP contribution in [0.4, 0.5) is 11.8 Å². The first-order valence-corrected chi connectivity index (χ1v) is 5.96. The lowest BCUT2D eigenvalue weighted by atomic mass is 10.3. The molecule has 0 spiro atoms. The molecule has 0 unspecified atom stereocenters. The van der Waals surface area contributed by atoms with E-state index >= 15 is 0 Å². The van der Waals surface area contributed by atoms with Crippen LogP contribution in [0.25, 0.3) is 11.0 Å². The Labute approximate surface area is 114 Å². The number of fused-ring (bicyclic) bond motifs is 1. The standard InChI is InChI=1S/C11H13N9/c1-6-13-3-2-7(16-6)4-14-9-8-5-15-20-10(8)18-11(17-9)19-12/h2-3,5H,4,12H2,1H3,(H3,14,15,17,18,19,20). The van der Waals surface area contributed by atoms with E-state index in [1.807, 2.05) is 13.0 Å². The normalized spacial score (nSPS) is 10.7. The second-order valence-electron chi connectivity index (χ2n) is 4.12. The van der Waals surface area contributed by atoms with E-state index in [1.165, 1.54) is 0 Å². The molecule has 0 saturated heterocycles. The largest absolute Gasteiger partial charge is 0.364 e. The minimum absolute atomic E-state index is 0.308. The number of aryl methyl sites for hydroxylation is 1. The number of nitrogens with two attached hydrogens (primary N) is 1. The molecule has 3 aromatic heterocycles. The van der Waals surface area contributed by atoms with Crippen molar-refractivity contribution in [3.8, 4) is 0 Å². The maximum atomic E-state index is 5.35. The predicted octanol–water partition coefficient (Wildman–Crippen LogP) is 0.349. The number of H-pyrrole nitrogens is 1. The maximum Gasteiger partial charge on any atom is 0.241 e. The lowest BCUT2D eigenvalue weighted by molar-refractivity contribution is 0.950. The molecule has 0 radical (unpaired) electrons. The molecule has 3 aromatic rings. The van der Waals surface area contributed by atoms with Gasteiger partial charge in [-0.3, -0.25) is 10.5 Å². The quantitative estimate of drug-likeness (QED) is 0.395. The Hall–Kier alpha value is -2.81. The molecule has 0 aliphatic heterocycles. The number of nitrogen functional groups attached to an aromatic ring is 1. The highest BCUT2D eigenvalue weighted by Gasteiger charge is 2.09. The van der Waals surface area contributed by atoms with E-state index < -0.39 is 0 Å². The van der Waals surface area contributed by atoms with Crippen molar-refractivity contribution in [3.05, 3.63) is 30.0 Å². The highest BCUT2D eigenvalue weighted by Crippen LogP contribution is 2.19. The number of hydrogen-bond acceptors (Lipinski definition) is 8. The summed E-state index contributed by atoms with van der Waals surface area (Å²) < 4.78 is 0. The Kier molecular flexibility index (Phi) is 3.09. The zero-order valence-corrected chi connectivity index (χ0v) is 10.8. The van der Waals surface area contributed by atoms with Gasteiger partial charge in [-0.1, -0.05) is 0 Å². The first-order chi connectivity index (χ1) is 9.76. The Morgan fingerprint density at radius 2 is 2.20 bits per heavy atom. The molecule has 0 fully saturated rings. The summed E-state index contributed by atoms with van der Waals surface area (Å²) in [4.78, 5) is 16.8. The summed E-state index contributed by atoms with van der Waals surface area (Å²) in [5.74, 6) is 7.02. The molecule has 9 nitrogen and oxygen atoms in total. The Balaban J connectivity index is 1.88. The number of aromatic amines is 1. The van der Waals surface area contributed by atoms with Crippen LogP contribution in [0.2, 0.25) is 0 Å². The van der Waals surface area contributed by atoms with E-state index in [0.717, 1.165) is 16.9 Å². The minimum atomic E-state index is 0.308. The summed E-state index contributed by atoms with van der Waals surface area (Å²) in [6, 6.07) is 1.84. The van der Waals surface area contributed by atoms with Crippen LogP contribution in [-0.2, 0) is 6.54 Å². The van der Waals surface area contributed by atoms with Gasteiger partial charge in [0.25, 0.3) is 0 Å². The van der Waals surface area contributed by atoms with Crippen molar-refractivity contribution < 1.29 is 0 Å². The smallest absolute Gasteiger partial charge is 0.241 e. The average molecular weight is 271 g/mol. The summed E-state index contributed by atoms with van der Waals surface area (Å²) in [5, 5.41) is 10.7. The molecule has 3 rings (SSSR count). The van der Waals surface area contributed by atoms with Crippen LogP contribution in [-0.4, -0.2) is 30.1 Å². The molecule has 3 heterocycles. The van der Waals surface area contributed by atoms with Crippen LogP contribution in [0.15, 0.2) is 18.5 Å². The first-order valence-electron chi connectivity index (χ1n) is 5.96. The van der Waals surface area contributed by atoms with Crippen molar-refractivity contribution in [3.63, 3.8) is 0 Å². The summed E-state index contributed by atoms with van der Waals surface area (Å²) in [5.41, 5.74) is 3.90. The molecule has 0 bridgehead atoms. The molecular weight excluding hydrogens is 258 g/mol. The maximum absolute atomic E-state index is 5.35. The number of hydrazine groups is 1. The third kappa shape index (κ3) is 2.34. The van der Waals surface area contributed by atoms with Gasteiger partial charge < -0.3 is 5.32 Å². The molecule has 102 valence electrons. The fraction of sp³-hybridized carbons (Fsp3) is 0.182. The number of rotatable bonds is 4. The topological polar surface area (TPSA) is 130 Å². The van der Waals surface area contributed by atoms with Crippen LogP contribution in [0, 0.1) is 6.92 Å². The van der Waals surface area contributed by atoms with E-state index in [0.29, 0.717) is 24.0 Å². The van der Waals surface area contributed by atoms with Crippen molar-refractivity contribution in [2.75, 3.05) is 10.7 Å². The molecule has 20 heavy (non-hydrogen) atoms. The summed E-state index contributed by atoms with van der Waals surface area (Å²) in [7, 11) is 0. The van der Waals surface area contributed by atoms with Gasteiger partial charge >= 0.3 is 0 Å². The van der Waals surface area contributed by atoms with Crippen molar-refractivity contribution in [2.24, 2.45) is 5.84 Å². The number of aromatic nitrogens is 6. The number of hydrogen-bond donors (Lipinski definition) is 4. The Bertz CT molecular complexity index is 736. The number of anilines is 2. The summed E-state index contributed by atoms with van der Waals surface area (Å²) in [6.45, 7) is 2.36. The van der Waals surface area contributed by atoms with Crippen molar-refractivity contribution in [2.45, 2.75) is 13.5 Å². The highest BCUT2D eigenvalue weighted by molar-refractivity contribution is 5.86. The summed E-state index contributed by atoms with van der Waals surface area (Å²) >= 11 is 0. The van der Waals surface area contributed by atoms with Crippen LogP contribution >= 0.6 is 0 Å². The van der Waals surface area contributed by atoms with Gasteiger partial charge in [-0.05, 0) is 13.0 Å². The molecule has 0 atom stereocenters. The van der Waals surface area contributed by atoms with E-state index in [4.69, 9.17) is 5.84 Å². The van der Waals surface area contributed by atoms with Gasteiger partial charge in [-0.25, -0.2) is 15.8 Å². The second-order valence-corrected chi connectivity index (χ2v) is 4.12. The molecule has 0 aliphatic rings. The Morgan fingerprint density at radius 3 is 3.00 bits per heavy atom. The molecular formula is C11H13N9. The molecule has 0 aliphatic carbocycles. The van der Waals surface area contributed by atoms with Crippen molar-refractivity contribution in [1.82, 2.24) is 30.1 Å². The zero-order valence-electron chi connectivity index (χ0n) is 10.8. The number of nitrogens with one attached hydrogen (secondary N) is 3. The third-order valence-electron chi connectivity index (χ3n) is 2.71. The second kappa shape index (κ2) is 5.05. The molecule has 0 saturated carbocycles. The molecule has 9 heteroatoms.